The Balaban J connectivity index is 0.00000200. The Hall–Kier alpha value is -0.460. The van der Waals surface area contributed by atoms with Gasteiger partial charge in [0.05, 0.1) is 17.6 Å². The number of methoxy groups -OCH3 is 1. The fourth-order valence-electron chi connectivity index (χ4n) is 2.37. The number of phenols is 1. The number of rotatable bonds is 4. The highest BCUT2D eigenvalue weighted by atomic mass is 79.9. The third kappa shape index (κ3) is 4.76. The van der Waals surface area contributed by atoms with Crippen molar-refractivity contribution >= 4 is 40.7 Å². The molecule has 0 aromatic heterocycles. The predicted octanol–water partition coefficient (Wildman–Crippen LogP) is 3.14. The van der Waals surface area contributed by atoms with Gasteiger partial charge in [-0.15, -0.1) is 31.4 Å². The second kappa shape index (κ2) is 9.54. The summed E-state index contributed by atoms with van der Waals surface area (Å²) < 4.78 is 5.91. The van der Waals surface area contributed by atoms with E-state index in [4.69, 9.17) is 4.74 Å². The lowest BCUT2D eigenvalue weighted by Crippen LogP contribution is -2.44. The standard InChI is InChI=1S/C14H19BrN2O2.2ClH/c1-3-13(17-6-4-16-5-7-17)11-8-10(19-2)9-12(15)14(11)18;;/h3,8-9,13,16,18H,1,4-7H2,2H3;2*1H/t13-;;/m0../s1. The van der Waals surface area contributed by atoms with Gasteiger partial charge in [0.15, 0.2) is 0 Å². The highest BCUT2D eigenvalue weighted by Crippen LogP contribution is 2.38. The molecular weight excluding hydrogens is 379 g/mol. The third-order valence-electron chi connectivity index (χ3n) is 3.39. The van der Waals surface area contributed by atoms with Gasteiger partial charge in [-0.05, 0) is 28.1 Å². The zero-order valence-electron chi connectivity index (χ0n) is 11.8. The first kappa shape index (κ1) is 20.5. The Bertz CT molecular complexity index is 469. The number of nitrogens with one attached hydrogen (secondary N) is 1. The topological polar surface area (TPSA) is 44.7 Å². The molecule has 21 heavy (non-hydrogen) atoms. The van der Waals surface area contributed by atoms with Crippen LogP contribution >= 0.6 is 40.7 Å². The summed E-state index contributed by atoms with van der Waals surface area (Å²) in [6.07, 6.45) is 1.87. The number of hydrogen-bond acceptors (Lipinski definition) is 4. The van der Waals surface area contributed by atoms with Crippen LogP contribution in [-0.2, 0) is 0 Å². The van der Waals surface area contributed by atoms with Crippen LogP contribution in [0.1, 0.15) is 11.6 Å². The molecule has 1 atom stereocenters. The molecule has 120 valence electrons. The molecule has 1 aromatic carbocycles. The highest BCUT2D eigenvalue weighted by molar-refractivity contribution is 9.10. The largest absolute Gasteiger partial charge is 0.506 e. The van der Waals surface area contributed by atoms with Gasteiger partial charge >= 0.3 is 0 Å². The minimum Gasteiger partial charge on any atom is -0.506 e. The minimum atomic E-state index is -0.00602. The van der Waals surface area contributed by atoms with Crippen molar-refractivity contribution in [2.24, 2.45) is 0 Å². The summed E-state index contributed by atoms with van der Waals surface area (Å²) in [5.74, 6) is 0.978. The lowest BCUT2D eigenvalue weighted by molar-refractivity contribution is 0.200. The molecule has 0 amide bonds. The van der Waals surface area contributed by atoms with E-state index in [-0.39, 0.29) is 36.6 Å². The van der Waals surface area contributed by atoms with Crippen molar-refractivity contribution in [3.63, 3.8) is 0 Å². The molecule has 1 aliphatic rings. The van der Waals surface area contributed by atoms with Gasteiger partial charge in [0.25, 0.3) is 0 Å². The smallest absolute Gasteiger partial charge is 0.135 e. The molecule has 0 unspecified atom stereocenters. The molecule has 1 aromatic rings. The van der Waals surface area contributed by atoms with E-state index < -0.39 is 0 Å². The van der Waals surface area contributed by atoms with Crippen molar-refractivity contribution in [1.82, 2.24) is 10.2 Å². The van der Waals surface area contributed by atoms with E-state index in [9.17, 15) is 5.11 Å². The van der Waals surface area contributed by atoms with E-state index in [1.165, 1.54) is 0 Å². The molecule has 0 saturated carbocycles. The monoisotopic (exact) mass is 398 g/mol. The molecule has 1 heterocycles. The zero-order valence-corrected chi connectivity index (χ0v) is 15.1. The van der Waals surface area contributed by atoms with E-state index in [1.54, 1.807) is 13.2 Å². The molecule has 7 heteroatoms. The van der Waals surface area contributed by atoms with Crippen molar-refractivity contribution in [2.45, 2.75) is 6.04 Å². The second-order valence-electron chi connectivity index (χ2n) is 4.51. The number of halogens is 3. The Morgan fingerprint density at radius 3 is 2.52 bits per heavy atom. The summed E-state index contributed by atoms with van der Waals surface area (Å²) in [5.41, 5.74) is 0.822. The lowest BCUT2D eigenvalue weighted by atomic mass is 10.0. The first-order chi connectivity index (χ1) is 9.17. The van der Waals surface area contributed by atoms with Crippen LogP contribution in [0.15, 0.2) is 29.3 Å². The maximum atomic E-state index is 10.3. The first-order valence-electron chi connectivity index (χ1n) is 6.31. The van der Waals surface area contributed by atoms with Crippen LogP contribution < -0.4 is 10.1 Å². The van der Waals surface area contributed by atoms with Crippen molar-refractivity contribution in [2.75, 3.05) is 33.3 Å². The lowest BCUT2D eigenvalue weighted by Gasteiger charge is -2.33. The average Bonchev–Trinajstić information content (AvgIpc) is 2.45. The fourth-order valence-corrected chi connectivity index (χ4v) is 2.83. The van der Waals surface area contributed by atoms with Crippen molar-refractivity contribution in [3.8, 4) is 11.5 Å². The van der Waals surface area contributed by atoms with E-state index in [2.05, 4.69) is 32.7 Å². The van der Waals surface area contributed by atoms with Crippen LogP contribution in [0.2, 0.25) is 0 Å². The van der Waals surface area contributed by atoms with Crippen LogP contribution in [0.5, 0.6) is 11.5 Å². The van der Waals surface area contributed by atoms with Gasteiger partial charge in [-0.2, -0.15) is 0 Å². The van der Waals surface area contributed by atoms with Gasteiger partial charge in [0.2, 0.25) is 0 Å². The molecule has 2 rings (SSSR count). The van der Waals surface area contributed by atoms with Gasteiger partial charge in [0, 0.05) is 31.7 Å². The molecule has 1 aliphatic heterocycles. The number of piperazine rings is 1. The Kier molecular flexibility index (Phi) is 9.33. The molecule has 2 N–H and O–H groups in total. The quantitative estimate of drug-likeness (QED) is 0.763. The molecular formula is C14H21BrCl2N2O2. The third-order valence-corrected chi connectivity index (χ3v) is 3.99. The summed E-state index contributed by atoms with van der Waals surface area (Å²) in [6, 6.07) is 3.62. The predicted molar refractivity (Wildman–Crippen MR) is 94.2 cm³/mol. The zero-order chi connectivity index (χ0) is 13.8. The fraction of sp³-hybridized carbons (Fsp3) is 0.429. The van der Waals surface area contributed by atoms with Gasteiger partial charge < -0.3 is 15.2 Å². The van der Waals surface area contributed by atoms with Crippen molar-refractivity contribution in [1.29, 1.82) is 0 Å². The summed E-state index contributed by atoms with van der Waals surface area (Å²) >= 11 is 3.36. The summed E-state index contributed by atoms with van der Waals surface area (Å²) in [6.45, 7) is 7.69. The van der Waals surface area contributed by atoms with Crippen LogP contribution in [0, 0.1) is 0 Å². The van der Waals surface area contributed by atoms with Crippen molar-refractivity contribution < 1.29 is 9.84 Å². The Labute approximate surface area is 146 Å². The van der Waals surface area contributed by atoms with Gasteiger partial charge in [-0.1, -0.05) is 6.08 Å². The molecule has 0 spiro atoms. The van der Waals surface area contributed by atoms with Gasteiger partial charge in [-0.25, -0.2) is 0 Å². The van der Waals surface area contributed by atoms with Crippen molar-refractivity contribution in [3.05, 3.63) is 34.8 Å². The Morgan fingerprint density at radius 1 is 1.38 bits per heavy atom. The van der Waals surface area contributed by atoms with Crippen LogP contribution in [0.25, 0.3) is 0 Å². The number of phenolic OH excluding ortho intramolecular Hbond substituents is 1. The Morgan fingerprint density at radius 2 is 2.00 bits per heavy atom. The number of hydrogen-bond donors (Lipinski definition) is 2. The van der Waals surface area contributed by atoms with E-state index in [0.29, 0.717) is 4.47 Å². The molecule has 0 radical (unpaired) electrons. The van der Waals surface area contributed by atoms with Crippen LogP contribution in [0.3, 0.4) is 0 Å². The normalized spacial score (nSPS) is 16.3. The summed E-state index contributed by atoms with van der Waals surface area (Å²) in [5, 5.41) is 13.6. The average molecular weight is 400 g/mol. The maximum Gasteiger partial charge on any atom is 0.135 e. The summed E-state index contributed by atoms with van der Waals surface area (Å²) in [4.78, 5) is 2.30. The SMILES string of the molecule is C=C[C@@H](c1cc(OC)cc(Br)c1O)N1CCNCC1.Cl.Cl. The van der Waals surface area contributed by atoms with Crippen LogP contribution in [-0.4, -0.2) is 43.3 Å². The van der Waals surface area contributed by atoms with Gasteiger partial charge in [0.1, 0.15) is 11.5 Å². The molecule has 1 fully saturated rings. The molecule has 0 bridgehead atoms. The second-order valence-corrected chi connectivity index (χ2v) is 5.37. The number of ether oxygens (including phenoxy) is 1. The molecule has 4 nitrogen and oxygen atoms in total. The van der Waals surface area contributed by atoms with Crippen LogP contribution in [0.4, 0.5) is 0 Å². The summed E-state index contributed by atoms with van der Waals surface area (Å²) in [7, 11) is 1.62. The number of benzene rings is 1. The highest BCUT2D eigenvalue weighted by Gasteiger charge is 2.23. The van der Waals surface area contributed by atoms with E-state index in [1.807, 2.05) is 12.1 Å². The first-order valence-corrected chi connectivity index (χ1v) is 7.10. The van der Waals surface area contributed by atoms with Gasteiger partial charge in [-0.3, -0.25) is 4.90 Å². The minimum absolute atomic E-state index is 0. The maximum absolute atomic E-state index is 10.3. The molecule has 0 aliphatic carbocycles. The number of nitrogens with zero attached hydrogens (tertiary/aromatic N) is 1. The molecule has 1 saturated heterocycles. The van der Waals surface area contributed by atoms with E-state index in [0.717, 1.165) is 37.5 Å². The number of aromatic hydroxyl groups is 1. The van der Waals surface area contributed by atoms with E-state index >= 15 is 0 Å².